The zero-order chi connectivity index (χ0) is 21.7. The standard InChI is InChI=1S/C23H28N2O4S2/c26-23(21-11-2-3-12-22(21)30-17-19-9-7-15-29-19)24-18-8-6-10-20(16-18)31(27,28)25-13-4-1-5-14-25/h2-3,6,8,10-12,16,19H,1,4-5,7,9,13-15,17H2,(H,24,26). The van der Waals surface area contributed by atoms with Crippen molar-refractivity contribution in [2.45, 2.75) is 48.0 Å². The summed E-state index contributed by atoms with van der Waals surface area (Å²) < 4.78 is 33.1. The number of nitrogens with zero attached hydrogens (tertiary/aromatic N) is 1. The van der Waals surface area contributed by atoms with Crippen molar-refractivity contribution in [1.29, 1.82) is 0 Å². The van der Waals surface area contributed by atoms with Crippen LogP contribution in [-0.2, 0) is 14.8 Å². The van der Waals surface area contributed by atoms with Crippen LogP contribution in [0.1, 0.15) is 42.5 Å². The Kier molecular flexibility index (Phi) is 7.32. The Balaban J connectivity index is 1.47. The number of hydrogen-bond donors (Lipinski definition) is 1. The SMILES string of the molecule is O=C(Nc1cccc(S(=O)(=O)N2CCCCC2)c1)c1ccccc1SCC1CCCO1. The summed E-state index contributed by atoms with van der Waals surface area (Å²) in [4.78, 5) is 14.1. The molecule has 2 aliphatic heterocycles. The first kappa shape index (κ1) is 22.3. The van der Waals surface area contributed by atoms with Gasteiger partial charge in [-0.25, -0.2) is 8.42 Å². The number of hydrogen-bond acceptors (Lipinski definition) is 5. The molecule has 0 aromatic heterocycles. The number of carbonyl (C=O) groups is 1. The highest BCUT2D eigenvalue weighted by molar-refractivity contribution is 7.99. The Morgan fingerprint density at radius 2 is 1.87 bits per heavy atom. The van der Waals surface area contributed by atoms with Crippen LogP contribution in [0, 0.1) is 0 Å². The minimum Gasteiger partial charge on any atom is -0.377 e. The van der Waals surface area contributed by atoms with Crippen LogP contribution in [0.4, 0.5) is 5.69 Å². The molecule has 0 spiro atoms. The first-order valence-electron chi connectivity index (χ1n) is 10.8. The van der Waals surface area contributed by atoms with Crippen molar-refractivity contribution in [2.75, 3.05) is 30.8 Å². The topological polar surface area (TPSA) is 75.7 Å². The van der Waals surface area contributed by atoms with E-state index in [4.69, 9.17) is 4.74 Å². The zero-order valence-corrected chi connectivity index (χ0v) is 19.1. The number of amides is 1. The Morgan fingerprint density at radius 3 is 2.65 bits per heavy atom. The Labute approximate surface area is 188 Å². The molecule has 1 atom stereocenters. The van der Waals surface area contributed by atoms with E-state index >= 15 is 0 Å². The molecule has 2 aliphatic rings. The average Bonchev–Trinajstić information content (AvgIpc) is 3.32. The molecule has 4 rings (SSSR count). The van der Waals surface area contributed by atoms with Gasteiger partial charge in [0.2, 0.25) is 10.0 Å². The minimum absolute atomic E-state index is 0.216. The molecule has 0 aliphatic carbocycles. The van der Waals surface area contributed by atoms with Gasteiger partial charge < -0.3 is 10.1 Å². The van der Waals surface area contributed by atoms with Gasteiger partial charge in [-0.15, -0.1) is 11.8 Å². The highest BCUT2D eigenvalue weighted by Gasteiger charge is 2.26. The highest BCUT2D eigenvalue weighted by atomic mass is 32.2. The van der Waals surface area contributed by atoms with Crippen LogP contribution in [-0.4, -0.2) is 50.2 Å². The summed E-state index contributed by atoms with van der Waals surface area (Å²) in [6.45, 7) is 1.91. The predicted molar refractivity (Wildman–Crippen MR) is 123 cm³/mol. The number of carbonyl (C=O) groups excluding carboxylic acids is 1. The van der Waals surface area contributed by atoms with E-state index in [0.717, 1.165) is 49.4 Å². The van der Waals surface area contributed by atoms with E-state index in [-0.39, 0.29) is 16.9 Å². The van der Waals surface area contributed by atoms with Crippen molar-refractivity contribution >= 4 is 33.4 Å². The molecule has 0 radical (unpaired) electrons. The molecule has 166 valence electrons. The number of ether oxygens (including phenoxy) is 1. The van der Waals surface area contributed by atoms with E-state index < -0.39 is 10.0 Å². The lowest BCUT2D eigenvalue weighted by atomic mass is 10.2. The number of piperidine rings is 1. The fraction of sp³-hybridized carbons (Fsp3) is 0.435. The summed E-state index contributed by atoms with van der Waals surface area (Å²) in [5, 5.41) is 2.88. The molecule has 1 amide bonds. The molecule has 8 heteroatoms. The zero-order valence-electron chi connectivity index (χ0n) is 17.5. The maximum Gasteiger partial charge on any atom is 0.256 e. The largest absolute Gasteiger partial charge is 0.377 e. The van der Waals surface area contributed by atoms with Gasteiger partial charge in [-0.1, -0.05) is 24.6 Å². The first-order valence-corrected chi connectivity index (χ1v) is 13.2. The summed E-state index contributed by atoms with van der Waals surface area (Å²) in [6.07, 6.45) is 5.21. The molecule has 2 heterocycles. The predicted octanol–water partition coefficient (Wildman–Crippen LogP) is 4.38. The summed E-state index contributed by atoms with van der Waals surface area (Å²) in [5.41, 5.74) is 1.05. The maximum atomic E-state index is 13.0. The van der Waals surface area contributed by atoms with Crippen molar-refractivity contribution in [3.05, 3.63) is 54.1 Å². The molecule has 2 aromatic rings. The van der Waals surface area contributed by atoms with Crippen LogP contribution in [0.25, 0.3) is 0 Å². The van der Waals surface area contributed by atoms with Gasteiger partial charge in [-0.3, -0.25) is 4.79 Å². The van der Waals surface area contributed by atoms with Gasteiger partial charge in [0.05, 0.1) is 16.6 Å². The van der Waals surface area contributed by atoms with Gasteiger partial charge in [-0.2, -0.15) is 4.31 Å². The molecule has 2 aromatic carbocycles. The molecular formula is C23H28N2O4S2. The molecule has 0 bridgehead atoms. The number of nitrogens with one attached hydrogen (secondary N) is 1. The smallest absolute Gasteiger partial charge is 0.256 e. The van der Waals surface area contributed by atoms with E-state index in [1.807, 2.05) is 18.2 Å². The van der Waals surface area contributed by atoms with E-state index in [1.165, 1.54) is 4.31 Å². The quantitative estimate of drug-likeness (QED) is 0.621. The van der Waals surface area contributed by atoms with Crippen molar-refractivity contribution < 1.29 is 17.9 Å². The lowest BCUT2D eigenvalue weighted by Crippen LogP contribution is -2.35. The third-order valence-electron chi connectivity index (χ3n) is 5.63. The molecule has 31 heavy (non-hydrogen) atoms. The van der Waals surface area contributed by atoms with Gasteiger partial charge in [-0.05, 0) is 56.0 Å². The van der Waals surface area contributed by atoms with Crippen LogP contribution < -0.4 is 5.32 Å². The highest BCUT2D eigenvalue weighted by Crippen LogP contribution is 2.28. The molecule has 2 fully saturated rings. The molecule has 1 unspecified atom stereocenters. The summed E-state index contributed by atoms with van der Waals surface area (Å²) in [6, 6.07) is 14.0. The Bertz CT molecular complexity index is 1010. The summed E-state index contributed by atoms with van der Waals surface area (Å²) >= 11 is 1.62. The fourth-order valence-electron chi connectivity index (χ4n) is 3.93. The number of sulfonamides is 1. The lowest BCUT2D eigenvalue weighted by Gasteiger charge is -2.26. The first-order chi connectivity index (χ1) is 15.0. The second-order valence-corrected chi connectivity index (χ2v) is 10.9. The third-order valence-corrected chi connectivity index (χ3v) is 8.73. The van der Waals surface area contributed by atoms with Gasteiger partial charge >= 0.3 is 0 Å². The van der Waals surface area contributed by atoms with Crippen LogP contribution >= 0.6 is 11.8 Å². The molecule has 0 saturated carbocycles. The normalized spacial score (nSPS) is 19.9. The Morgan fingerprint density at radius 1 is 1.06 bits per heavy atom. The van der Waals surface area contributed by atoms with Crippen LogP contribution in [0.15, 0.2) is 58.3 Å². The molecule has 2 saturated heterocycles. The van der Waals surface area contributed by atoms with Gasteiger partial charge in [0, 0.05) is 36.0 Å². The second kappa shape index (κ2) is 10.2. The monoisotopic (exact) mass is 460 g/mol. The molecule has 1 N–H and O–H groups in total. The number of anilines is 1. The number of rotatable bonds is 7. The van der Waals surface area contributed by atoms with Gasteiger partial charge in [0.25, 0.3) is 5.91 Å². The minimum atomic E-state index is -3.55. The number of benzene rings is 2. The van der Waals surface area contributed by atoms with E-state index in [0.29, 0.717) is 24.3 Å². The second-order valence-electron chi connectivity index (χ2n) is 7.89. The van der Waals surface area contributed by atoms with Gasteiger partial charge in [0.1, 0.15) is 0 Å². The van der Waals surface area contributed by atoms with Crippen LogP contribution in [0.3, 0.4) is 0 Å². The third kappa shape index (κ3) is 5.49. The van der Waals surface area contributed by atoms with Crippen molar-refractivity contribution in [2.24, 2.45) is 0 Å². The van der Waals surface area contributed by atoms with Crippen molar-refractivity contribution in [3.8, 4) is 0 Å². The number of thioether (sulfide) groups is 1. The summed E-state index contributed by atoms with van der Waals surface area (Å²) in [5.74, 6) is 0.566. The summed E-state index contributed by atoms with van der Waals surface area (Å²) in [7, 11) is -3.55. The van der Waals surface area contributed by atoms with Crippen LogP contribution in [0.2, 0.25) is 0 Å². The van der Waals surface area contributed by atoms with Crippen LogP contribution in [0.5, 0.6) is 0 Å². The van der Waals surface area contributed by atoms with Crippen molar-refractivity contribution in [3.63, 3.8) is 0 Å². The van der Waals surface area contributed by atoms with Gasteiger partial charge in [0.15, 0.2) is 0 Å². The molecule has 6 nitrogen and oxygen atoms in total. The Hall–Kier alpha value is -1.87. The van der Waals surface area contributed by atoms with E-state index in [2.05, 4.69) is 5.32 Å². The lowest BCUT2D eigenvalue weighted by molar-refractivity contribution is 0.102. The maximum absolute atomic E-state index is 13.0. The fourth-order valence-corrected chi connectivity index (χ4v) is 6.61. The van der Waals surface area contributed by atoms with E-state index in [9.17, 15) is 13.2 Å². The molecular weight excluding hydrogens is 432 g/mol. The van der Waals surface area contributed by atoms with Crippen molar-refractivity contribution in [1.82, 2.24) is 4.31 Å². The van der Waals surface area contributed by atoms with E-state index in [1.54, 1.807) is 42.1 Å². The average molecular weight is 461 g/mol.